The molecule has 0 amide bonds. The lowest BCUT2D eigenvalue weighted by Gasteiger charge is -2.21. The van der Waals surface area contributed by atoms with Crippen molar-refractivity contribution >= 4 is 18.0 Å². The molecule has 132 valence electrons. The average Bonchev–Trinajstić information content (AvgIpc) is 2.59. The fourth-order valence-electron chi connectivity index (χ4n) is 3.14. The number of thioether (sulfide) groups is 1. The molecule has 2 N–H and O–H groups in total. The van der Waals surface area contributed by atoms with E-state index in [1.165, 1.54) is 23.9 Å². The third-order valence-electron chi connectivity index (χ3n) is 4.33. The molecule has 0 aliphatic heterocycles. The van der Waals surface area contributed by atoms with Gasteiger partial charge in [-0.05, 0) is 48.4 Å². The summed E-state index contributed by atoms with van der Waals surface area (Å²) >= 11 is 1.21. The lowest BCUT2D eigenvalue weighted by Crippen LogP contribution is -2.11. The summed E-state index contributed by atoms with van der Waals surface area (Å²) in [6, 6.07) is 5.51. The second-order valence-electron chi connectivity index (χ2n) is 5.91. The van der Waals surface area contributed by atoms with Crippen LogP contribution in [0.1, 0.15) is 40.7 Å². The molecule has 1 aromatic heterocycles. The van der Waals surface area contributed by atoms with Crippen molar-refractivity contribution in [1.82, 2.24) is 4.98 Å². The van der Waals surface area contributed by atoms with Crippen molar-refractivity contribution in [3.05, 3.63) is 52.1 Å². The molecule has 7 heteroatoms. The summed E-state index contributed by atoms with van der Waals surface area (Å²) in [7, 11) is 0. The van der Waals surface area contributed by atoms with E-state index in [1.54, 1.807) is 6.07 Å². The Hall–Kier alpha value is -2.02. The quantitative estimate of drug-likeness (QED) is 0.593. The Kier molecular flexibility index (Phi) is 5.03. The highest BCUT2D eigenvalue weighted by molar-refractivity contribution is 7.98. The Morgan fingerprint density at radius 2 is 1.84 bits per heavy atom. The topological polar surface area (TPSA) is 57.0 Å². The zero-order valence-electron chi connectivity index (χ0n) is 13.4. The Labute approximate surface area is 147 Å². The summed E-state index contributed by atoms with van der Waals surface area (Å²) in [5.41, 5.74) is 1.84. The lowest BCUT2D eigenvalue weighted by molar-refractivity contribution is -0.138. The van der Waals surface area contributed by atoms with Crippen LogP contribution in [-0.2, 0) is 24.8 Å². The standard InChI is InChI=1S/C18H17F3N2OS/c19-18(20,21)15-8-4-1-5-11(15)10-25-17-13-7-3-2-6-12(13)14(9-22)16(24)23-17/h1,4-5,8-9,22H,2-3,6-7,10H2,(H,23,24). The normalized spacial score (nSPS) is 14.2. The van der Waals surface area contributed by atoms with Crippen LogP contribution in [0.3, 0.4) is 0 Å². The first-order valence-electron chi connectivity index (χ1n) is 7.95. The zero-order chi connectivity index (χ0) is 18.0. The van der Waals surface area contributed by atoms with Gasteiger partial charge in [-0.3, -0.25) is 0 Å². The smallest absolute Gasteiger partial charge is 0.416 e. The van der Waals surface area contributed by atoms with Gasteiger partial charge in [-0.2, -0.15) is 13.2 Å². The number of aromatic nitrogens is 1. The largest absolute Gasteiger partial charge is 0.493 e. The number of hydrogen-bond acceptors (Lipinski definition) is 4. The van der Waals surface area contributed by atoms with Crippen molar-refractivity contribution in [2.24, 2.45) is 0 Å². The average molecular weight is 366 g/mol. The SMILES string of the molecule is N=Cc1c(O)nc(SCc2ccccc2C(F)(F)F)c2c1CCCC2. The van der Waals surface area contributed by atoms with Crippen LogP contribution in [0, 0.1) is 5.41 Å². The number of fused-ring (bicyclic) bond motifs is 1. The summed E-state index contributed by atoms with van der Waals surface area (Å²) < 4.78 is 39.4. The van der Waals surface area contributed by atoms with E-state index in [0.717, 1.165) is 49.1 Å². The van der Waals surface area contributed by atoms with Crippen molar-refractivity contribution in [2.75, 3.05) is 0 Å². The second-order valence-corrected chi connectivity index (χ2v) is 6.87. The lowest BCUT2D eigenvalue weighted by atomic mass is 9.90. The van der Waals surface area contributed by atoms with Crippen LogP contribution >= 0.6 is 11.8 Å². The first-order valence-corrected chi connectivity index (χ1v) is 8.93. The first kappa shape index (κ1) is 17.8. The van der Waals surface area contributed by atoms with Crippen molar-refractivity contribution in [3.63, 3.8) is 0 Å². The molecule has 25 heavy (non-hydrogen) atoms. The highest BCUT2D eigenvalue weighted by Crippen LogP contribution is 2.38. The molecule has 0 saturated heterocycles. The summed E-state index contributed by atoms with van der Waals surface area (Å²) in [5, 5.41) is 18.1. The van der Waals surface area contributed by atoms with Gasteiger partial charge in [0.2, 0.25) is 5.88 Å². The highest BCUT2D eigenvalue weighted by atomic mass is 32.2. The van der Waals surface area contributed by atoms with E-state index in [4.69, 9.17) is 5.41 Å². The van der Waals surface area contributed by atoms with E-state index >= 15 is 0 Å². The Morgan fingerprint density at radius 3 is 2.52 bits per heavy atom. The van der Waals surface area contributed by atoms with Crippen molar-refractivity contribution in [3.8, 4) is 5.88 Å². The summed E-state index contributed by atoms with van der Waals surface area (Å²) in [4.78, 5) is 4.15. The number of benzene rings is 1. The van der Waals surface area contributed by atoms with Crippen molar-refractivity contribution in [1.29, 1.82) is 5.41 Å². The minimum atomic E-state index is -4.39. The van der Waals surface area contributed by atoms with Gasteiger partial charge in [0.05, 0.1) is 11.1 Å². The summed E-state index contributed by atoms with van der Waals surface area (Å²) in [6.45, 7) is 0. The Balaban J connectivity index is 1.93. The summed E-state index contributed by atoms with van der Waals surface area (Å²) in [5.74, 6) is -0.0966. The number of alkyl halides is 3. The van der Waals surface area contributed by atoms with Crippen LogP contribution in [0.2, 0.25) is 0 Å². The molecule has 0 fully saturated rings. The van der Waals surface area contributed by atoms with Gasteiger partial charge >= 0.3 is 6.18 Å². The van der Waals surface area contributed by atoms with E-state index in [9.17, 15) is 18.3 Å². The molecule has 3 nitrogen and oxygen atoms in total. The van der Waals surface area contributed by atoms with Crippen LogP contribution in [0.25, 0.3) is 0 Å². The number of nitrogens with one attached hydrogen (secondary N) is 1. The molecule has 3 rings (SSSR count). The minimum Gasteiger partial charge on any atom is -0.493 e. The molecule has 1 aromatic carbocycles. The molecule has 1 aliphatic rings. The molecule has 0 spiro atoms. The summed E-state index contributed by atoms with van der Waals surface area (Å²) in [6.07, 6.45) is 0.174. The van der Waals surface area contributed by atoms with Gasteiger partial charge in [-0.25, -0.2) is 4.98 Å². The second kappa shape index (κ2) is 7.07. The highest BCUT2D eigenvalue weighted by Gasteiger charge is 2.33. The van der Waals surface area contributed by atoms with Gasteiger partial charge in [-0.1, -0.05) is 18.2 Å². The van der Waals surface area contributed by atoms with Gasteiger partial charge < -0.3 is 10.5 Å². The minimum absolute atomic E-state index is 0.124. The van der Waals surface area contributed by atoms with E-state index in [0.29, 0.717) is 10.6 Å². The number of rotatable bonds is 4. The zero-order valence-corrected chi connectivity index (χ0v) is 14.2. The van der Waals surface area contributed by atoms with E-state index in [1.807, 2.05) is 0 Å². The molecule has 0 unspecified atom stereocenters. The van der Waals surface area contributed by atoms with Crippen LogP contribution < -0.4 is 0 Å². The number of nitrogens with zero attached hydrogens (tertiary/aromatic N) is 1. The monoisotopic (exact) mass is 366 g/mol. The molecular formula is C18H17F3N2OS. The van der Waals surface area contributed by atoms with E-state index < -0.39 is 11.7 Å². The number of halogens is 3. The molecule has 1 heterocycles. The third-order valence-corrected chi connectivity index (χ3v) is 5.40. The fraction of sp³-hybridized carbons (Fsp3) is 0.333. The predicted octanol–water partition coefficient (Wildman–Crippen LogP) is 4.97. The molecule has 0 saturated carbocycles. The predicted molar refractivity (Wildman–Crippen MR) is 91.4 cm³/mol. The number of hydrogen-bond donors (Lipinski definition) is 2. The van der Waals surface area contributed by atoms with Crippen molar-refractivity contribution < 1.29 is 18.3 Å². The maximum Gasteiger partial charge on any atom is 0.416 e. The van der Waals surface area contributed by atoms with Gasteiger partial charge in [-0.15, -0.1) is 11.8 Å². The maximum atomic E-state index is 13.1. The number of pyridine rings is 1. The maximum absolute atomic E-state index is 13.1. The van der Waals surface area contributed by atoms with Gasteiger partial charge in [0.1, 0.15) is 5.03 Å². The Morgan fingerprint density at radius 1 is 1.16 bits per heavy atom. The van der Waals surface area contributed by atoms with Gasteiger partial charge in [0.15, 0.2) is 0 Å². The number of aromatic hydroxyl groups is 1. The van der Waals surface area contributed by atoms with Crippen LogP contribution in [0.15, 0.2) is 29.3 Å². The fourth-order valence-corrected chi connectivity index (χ4v) is 4.23. The van der Waals surface area contributed by atoms with Crippen LogP contribution in [0.5, 0.6) is 5.88 Å². The molecule has 0 bridgehead atoms. The van der Waals surface area contributed by atoms with Crippen LogP contribution in [0.4, 0.5) is 13.2 Å². The molecular weight excluding hydrogens is 349 g/mol. The molecule has 0 atom stereocenters. The van der Waals surface area contributed by atoms with E-state index in [2.05, 4.69) is 4.98 Å². The molecule has 2 aromatic rings. The van der Waals surface area contributed by atoms with Gasteiger partial charge in [0, 0.05) is 12.0 Å². The van der Waals surface area contributed by atoms with E-state index in [-0.39, 0.29) is 17.2 Å². The molecule has 1 aliphatic carbocycles. The van der Waals surface area contributed by atoms with Crippen LogP contribution in [-0.4, -0.2) is 16.3 Å². The Bertz CT molecular complexity index is 806. The van der Waals surface area contributed by atoms with Gasteiger partial charge in [0.25, 0.3) is 0 Å². The molecule has 0 radical (unpaired) electrons. The third kappa shape index (κ3) is 3.66. The first-order chi connectivity index (χ1) is 11.9. The van der Waals surface area contributed by atoms with Crippen molar-refractivity contribution in [2.45, 2.75) is 42.6 Å².